The summed E-state index contributed by atoms with van der Waals surface area (Å²) in [4.78, 5) is 27.5. The summed E-state index contributed by atoms with van der Waals surface area (Å²) in [5.41, 5.74) is 1.67. The van der Waals surface area contributed by atoms with Crippen molar-refractivity contribution in [3.63, 3.8) is 0 Å². The molecule has 0 aliphatic rings. The highest BCUT2D eigenvalue weighted by atomic mass is 16.5. The molecule has 6 heteroatoms. The predicted molar refractivity (Wildman–Crippen MR) is 119 cm³/mol. The molecule has 1 unspecified atom stereocenters. The van der Waals surface area contributed by atoms with Gasteiger partial charge in [0.2, 0.25) is 0 Å². The van der Waals surface area contributed by atoms with E-state index in [-0.39, 0.29) is 25.1 Å². The molecule has 0 aromatic heterocycles. The summed E-state index contributed by atoms with van der Waals surface area (Å²) in [6.45, 7) is 8.06. The average Bonchev–Trinajstić information content (AvgIpc) is 2.75. The van der Waals surface area contributed by atoms with Crippen LogP contribution in [0.2, 0.25) is 0 Å². The zero-order valence-corrected chi connectivity index (χ0v) is 18.7. The topological polar surface area (TPSA) is 76.1 Å². The highest BCUT2D eigenvalue weighted by Gasteiger charge is 2.41. The molecule has 0 saturated carbocycles. The van der Waals surface area contributed by atoms with E-state index in [4.69, 9.17) is 9.47 Å². The summed E-state index contributed by atoms with van der Waals surface area (Å²) in [6.07, 6.45) is -1.47. The Morgan fingerprint density at radius 2 is 1.39 bits per heavy atom. The zero-order valence-electron chi connectivity index (χ0n) is 18.7. The molecule has 2 rings (SSSR count). The van der Waals surface area contributed by atoms with Gasteiger partial charge in [0.15, 0.2) is 6.10 Å². The molecule has 0 aliphatic heterocycles. The van der Waals surface area contributed by atoms with Crippen LogP contribution in [0.1, 0.15) is 44.9 Å². The number of benzene rings is 2. The van der Waals surface area contributed by atoms with Crippen LogP contribution in [0, 0.1) is 5.92 Å². The van der Waals surface area contributed by atoms with Crippen molar-refractivity contribution in [1.29, 1.82) is 0 Å². The van der Waals surface area contributed by atoms with Gasteiger partial charge in [0.1, 0.15) is 6.04 Å². The second-order valence-electron chi connectivity index (χ2n) is 7.65. The summed E-state index contributed by atoms with van der Waals surface area (Å²) in [5.74, 6) is -1.23. The number of aliphatic hydroxyl groups is 1. The van der Waals surface area contributed by atoms with E-state index in [1.165, 1.54) is 0 Å². The number of hydrogen-bond donors (Lipinski definition) is 1. The molecule has 31 heavy (non-hydrogen) atoms. The van der Waals surface area contributed by atoms with E-state index in [1.54, 1.807) is 13.8 Å². The van der Waals surface area contributed by atoms with Crippen LogP contribution in [0.5, 0.6) is 0 Å². The van der Waals surface area contributed by atoms with Crippen molar-refractivity contribution in [1.82, 2.24) is 4.90 Å². The van der Waals surface area contributed by atoms with Crippen molar-refractivity contribution in [2.24, 2.45) is 5.92 Å². The van der Waals surface area contributed by atoms with Gasteiger partial charge < -0.3 is 14.6 Å². The Hall–Kier alpha value is -2.70. The predicted octanol–water partition coefficient (Wildman–Crippen LogP) is 3.74. The van der Waals surface area contributed by atoms with E-state index in [2.05, 4.69) is 0 Å². The molecular formula is C25H33NO5. The molecule has 0 spiro atoms. The van der Waals surface area contributed by atoms with Crippen LogP contribution in [0.3, 0.4) is 0 Å². The van der Waals surface area contributed by atoms with Gasteiger partial charge in [-0.15, -0.1) is 0 Å². The Labute approximate surface area is 184 Å². The van der Waals surface area contributed by atoms with Gasteiger partial charge in [0.25, 0.3) is 0 Å². The van der Waals surface area contributed by atoms with Crippen LogP contribution in [0.15, 0.2) is 60.7 Å². The lowest BCUT2D eigenvalue weighted by Crippen LogP contribution is -2.51. The molecule has 0 bridgehead atoms. The average molecular weight is 428 g/mol. The summed E-state index contributed by atoms with van der Waals surface area (Å²) < 4.78 is 10.5. The molecule has 0 aliphatic carbocycles. The number of carbonyl (C=O) groups excluding carboxylic acids is 2. The van der Waals surface area contributed by atoms with Crippen molar-refractivity contribution >= 4 is 11.9 Å². The fourth-order valence-corrected chi connectivity index (χ4v) is 3.74. The highest BCUT2D eigenvalue weighted by molar-refractivity contribution is 5.78. The summed E-state index contributed by atoms with van der Waals surface area (Å²) in [5, 5.41) is 11.1. The van der Waals surface area contributed by atoms with Crippen molar-refractivity contribution in [3.8, 4) is 0 Å². The fourth-order valence-electron chi connectivity index (χ4n) is 3.74. The molecular weight excluding hydrogens is 394 g/mol. The Kier molecular flexibility index (Phi) is 9.69. The molecule has 3 atom stereocenters. The quantitative estimate of drug-likeness (QED) is 0.551. The van der Waals surface area contributed by atoms with E-state index in [0.717, 1.165) is 5.56 Å². The second-order valence-corrected chi connectivity index (χ2v) is 7.65. The molecule has 0 amide bonds. The monoisotopic (exact) mass is 427 g/mol. The van der Waals surface area contributed by atoms with E-state index in [1.807, 2.05) is 79.4 Å². The summed E-state index contributed by atoms with van der Waals surface area (Å²) in [7, 11) is 0. The van der Waals surface area contributed by atoms with Gasteiger partial charge in [-0.3, -0.25) is 9.69 Å². The smallest absolute Gasteiger partial charge is 0.336 e. The molecule has 1 N–H and O–H groups in total. The van der Waals surface area contributed by atoms with Crippen LogP contribution >= 0.6 is 0 Å². The minimum atomic E-state index is -1.47. The molecule has 0 heterocycles. The largest absolute Gasteiger partial charge is 0.465 e. The van der Waals surface area contributed by atoms with Crippen molar-refractivity contribution in [3.05, 3.63) is 71.8 Å². The SMILES string of the molecule is CCOC(=O)C(C(C)C)N(Cc1ccccc1)[C@H](c1ccccc1)[C@@H](O)C(=O)OCC. The third-order valence-corrected chi connectivity index (χ3v) is 5.05. The zero-order chi connectivity index (χ0) is 22.8. The standard InChI is InChI=1S/C25H33NO5/c1-5-30-24(28)21(18(3)4)26(17-19-13-9-7-10-14-19)22(20-15-11-8-12-16-20)23(27)25(29)31-6-2/h7-16,18,21-23,27H,5-6,17H2,1-4H3/t21?,22-,23-/m1/s1. The van der Waals surface area contributed by atoms with Crippen LogP contribution < -0.4 is 0 Å². The van der Waals surface area contributed by atoms with Crippen LogP contribution in [-0.2, 0) is 25.6 Å². The van der Waals surface area contributed by atoms with Gasteiger partial charge >= 0.3 is 11.9 Å². The van der Waals surface area contributed by atoms with Crippen molar-refractivity contribution in [2.75, 3.05) is 13.2 Å². The maximum Gasteiger partial charge on any atom is 0.336 e. The third kappa shape index (κ3) is 6.64. The molecule has 168 valence electrons. The molecule has 0 saturated heterocycles. The van der Waals surface area contributed by atoms with Crippen molar-refractivity contribution in [2.45, 2.75) is 52.4 Å². The Morgan fingerprint density at radius 3 is 1.90 bits per heavy atom. The molecule has 0 radical (unpaired) electrons. The first-order chi connectivity index (χ1) is 14.9. The number of rotatable bonds is 11. The highest BCUT2D eigenvalue weighted by Crippen LogP contribution is 2.32. The third-order valence-electron chi connectivity index (χ3n) is 5.05. The van der Waals surface area contributed by atoms with Gasteiger partial charge in [-0.25, -0.2) is 4.79 Å². The molecule has 2 aromatic rings. The molecule has 0 fully saturated rings. The number of carbonyl (C=O) groups is 2. The Morgan fingerprint density at radius 1 is 0.871 bits per heavy atom. The number of esters is 2. The van der Waals surface area contributed by atoms with Gasteiger partial charge in [0.05, 0.1) is 19.3 Å². The lowest BCUT2D eigenvalue weighted by atomic mass is 9.93. The summed E-state index contributed by atoms with van der Waals surface area (Å²) >= 11 is 0. The van der Waals surface area contributed by atoms with Crippen molar-refractivity contribution < 1.29 is 24.2 Å². The van der Waals surface area contributed by atoms with E-state index >= 15 is 0 Å². The fraction of sp³-hybridized carbons (Fsp3) is 0.440. The first-order valence-electron chi connectivity index (χ1n) is 10.8. The van der Waals surface area contributed by atoms with Gasteiger partial charge in [-0.05, 0) is 30.9 Å². The first-order valence-corrected chi connectivity index (χ1v) is 10.8. The first kappa shape index (κ1) is 24.6. The maximum absolute atomic E-state index is 13.0. The Balaban J connectivity index is 2.60. The van der Waals surface area contributed by atoms with Crippen LogP contribution in [-0.4, -0.2) is 47.3 Å². The summed E-state index contributed by atoms with van der Waals surface area (Å²) in [6, 6.07) is 17.4. The van der Waals surface area contributed by atoms with Crippen LogP contribution in [0.4, 0.5) is 0 Å². The lowest BCUT2D eigenvalue weighted by molar-refractivity contribution is -0.164. The van der Waals surface area contributed by atoms with E-state index in [9.17, 15) is 14.7 Å². The Bertz CT molecular complexity index is 809. The molecule has 6 nitrogen and oxygen atoms in total. The normalized spacial score (nSPS) is 14.2. The van der Waals surface area contributed by atoms with E-state index < -0.39 is 24.2 Å². The number of aliphatic hydroxyl groups excluding tert-OH is 1. The van der Waals surface area contributed by atoms with Gasteiger partial charge in [-0.2, -0.15) is 0 Å². The van der Waals surface area contributed by atoms with Gasteiger partial charge in [0, 0.05) is 6.54 Å². The number of hydrogen-bond acceptors (Lipinski definition) is 6. The van der Waals surface area contributed by atoms with E-state index in [0.29, 0.717) is 12.1 Å². The number of ether oxygens (including phenoxy) is 2. The lowest BCUT2D eigenvalue weighted by Gasteiger charge is -2.40. The maximum atomic E-state index is 13.0. The molecule has 2 aromatic carbocycles. The van der Waals surface area contributed by atoms with Gasteiger partial charge in [-0.1, -0.05) is 74.5 Å². The minimum Gasteiger partial charge on any atom is -0.465 e. The minimum absolute atomic E-state index is 0.122. The number of nitrogens with zero attached hydrogens (tertiary/aromatic N) is 1. The second kappa shape index (κ2) is 12.2. The van der Waals surface area contributed by atoms with Crippen LogP contribution in [0.25, 0.3) is 0 Å².